The molecule has 3 N–H and O–H groups in total. The number of nitrogens with zero attached hydrogens (tertiary/aromatic N) is 1. The van der Waals surface area contributed by atoms with Crippen LogP contribution in [0.25, 0.3) is 0 Å². The fraction of sp³-hybridized carbons (Fsp3) is 0.923. The molecule has 17 heavy (non-hydrogen) atoms. The van der Waals surface area contributed by atoms with Gasteiger partial charge >= 0.3 is 0 Å². The van der Waals surface area contributed by atoms with Gasteiger partial charge in [0.05, 0.1) is 5.54 Å². The molecule has 0 aliphatic rings. The zero-order valence-corrected chi connectivity index (χ0v) is 12.0. The minimum atomic E-state index is -0.711. The van der Waals surface area contributed by atoms with Crippen LogP contribution in [0.1, 0.15) is 47.5 Å². The molecule has 0 saturated carbocycles. The SMILES string of the molecule is CCN(CC)CC(C)NC(=O)C(N)(CC)CC. The first-order chi connectivity index (χ1) is 7.93. The molecule has 0 saturated heterocycles. The summed E-state index contributed by atoms with van der Waals surface area (Å²) in [5, 5.41) is 3.02. The van der Waals surface area contributed by atoms with E-state index < -0.39 is 5.54 Å². The smallest absolute Gasteiger partial charge is 0.240 e. The molecule has 0 aliphatic heterocycles. The molecular formula is C13H29N3O. The van der Waals surface area contributed by atoms with Crippen LogP contribution in [0.2, 0.25) is 0 Å². The summed E-state index contributed by atoms with van der Waals surface area (Å²) in [5.74, 6) is -0.0258. The largest absolute Gasteiger partial charge is 0.351 e. The Kier molecular flexibility index (Phi) is 7.39. The van der Waals surface area contributed by atoms with Crippen molar-refractivity contribution < 1.29 is 4.79 Å². The quantitative estimate of drug-likeness (QED) is 0.676. The number of rotatable bonds is 8. The Hall–Kier alpha value is -0.610. The maximum Gasteiger partial charge on any atom is 0.240 e. The Bertz CT molecular complexity index is 223. The van der Waals surface area contributed by atoms with E-state index >= 15 is 0 Å². The van der Waals surface area contributed by atoms with Crippen LogP contribution in [-0.4, -0.2) is 42.0 Å². The second kappa shape index (κ2) is 7.67. The Morgan fingerprint density at radius 2 is 1.71 bits per heavy atom. The summed E-state index contributed by atoms with van der Waals surface area (Å²) in [7, 11) is 0. The molecule has 0 aromatic rings. The molecule has 0 rings (SSSR count). The van der Waals surface area contributed by atoms with E-state index in [4.69, 9.17) is 5.73 Å². The molecule has 0 radical (unpaired) electrons. The maximum absolute atomic E-state index is 12.0. The minimum absolute atomic E-state index is 0.0258. The maximum atomic E-state index is 12.0. The third-order valence-corrected chi connectivity index (χ3v) is 3.52. The van der Waals surface area contributed by atoms with Gasteiger partial charge in [-0.3, -0.25) is 4.79 Å². The second-order valence-corrected chi connectivity index (χ2v) is 4.72. The van der Waals surface area contributed by atoms with Crippen LogP contribution in [0.3, 0.4) is 0 Å². The lowest BCUT2D eigenvalue weighted by molar-refractivity contribution is -0.127. The predicted molar refractivity (Wildman–Crippen MR) is 72.9 cm³/mol. The number of nitrogens with two attached hydrogens (primary N) is 1. The Labute approximate surface area is 106 Å². The van der Waals surface area contributed by atoms with Crippen LogP contribution >= 0.6 is 0 Å². The molecule has 1 amide bonds. The summed E-state index contributed by atoms with van der Waals surface area (Å²) >= 11 is 0. The normalized spacial score (nSPS) is 13.8. The van der Waals surface area contributed by atoms with Crippen molar-refractivity contribution >= 4 is 5.91 Å². The fourth-order valence-electron chi connectivity index (χ4n) is 1.85. The highest BCUT2D eigenvalue weighted by atomic mass is 16.2. The van der Waals surface area contributed by atoms with Gasteiger partial charge in [-0.15, -0.1) is 0 Å². The van der Waals surface area contributed by atoms with Crippen molar-refractivity contribution in [3.63, 3.8) is 0 Å². The lowest BCUT2D eigenvalue weighted by atomic mass is 9.93. The van der Waals surface area contributed by atoms with Crippen LogP contribution in [0.15, 0.2) is 0 Å². The van der Waals surface area contributed by atoms with Crippen LogP contribution in [-0.2, 0) is 4.79 Å². The monoisotopic (exact) mass is 243 g/mol. The van der Waals surface area contributed by atoms with E-state index in [2.05, 4.69) is 24.1 Å². The summed E-state index contributed by atoms with van der Waals surface area (Å²) in [4.78, 5) is 14.3. The number of hydrogen-bond donors (Lipinski definition) is 2. The van der Waals surface area contributed by atoms with Crippen LogP contribution < -0.4 is 11.1 Å². The van der Waals surface area contributed by atoms with Crippen molar-refractivity contribution in [2.24, 2.45) is 5.73 Å². The minimum Gasteiger partial charge on any atom is -0.351 e. The molecule has 0 heterocycles. The van der Waals surface area contributed by atoms with Gasteiger partial charge in [-0.2, -0.15) is 0 Å². The number of amides is 1. The van der Waals surface area contributed by atoms with Crippen LogP contribution in [0.4, 0.5) is 0 Å². The van der Waals surface area contributed by atoms with Gasteiger partial charge in [0.25, 0.3) is 0 Å². The molecule has 0 fully saturated rings. The van der Waals surface area contributed by atoms with Gasteiger partial charge in [-0.05, 0) is 32.9 Å². The number of hydrogen-bond acceptors (Lipinski definition) is 3. The highest BCUT2D eigenvalue weighted by Gasteiger charge is 2.30. The molecule has 0 aromatic heterocycles. The zero-order chi connectivity index (χ0) is 13.5. The van der Waals surface area contributed by atoms with Gasteiger partial charge in [0.2, 0.25) is 5.91 Å². The lowest BCUT2D eigenvalue weighted by Gasteiger charge is -2.29. The van der Waals surface area contributed by atoms with Crippen molar-refractivity contribution in [3.8, 4) is 0 Å². The Morgan fingerprint density at radius 3 is 2.06 bits per heavy atom. The first-order valence-corrected chi connectivity index (χ1v) is 6.75. The summed E-state index contributed by atoms with van der Waals surface area (Å²) in [5.41, 5.74) is 5.35. The summed E-state index contributed by atoms with van der Waals surface area (Å²) < 4.78 is 0. The fourth-order valence-corrected chi connectivity index (χ4v) is 1.85. The highest BCUT2D eigenvalue weighted by molar-refractivity contribution is 5.86. The van der Waals surface area contributed by atoms with Crippen molar-refractivity contribution in [3.05, 3.63) is 0 Å². The summed E-state index contributed by atoms with van der Waals surface area (Å²) in [6.07, 6.45) is 1.35. The molecule has 0 aliphatic carbocycles. The van der Waals surface area contributed by atoms with Crippen LogP contribution in [0.5, 0.6) is 0 Å². The highest BCUT2D eigenvalue weighted by Crippen LogP contribution is 2.11. The zero-order valence-electron chi connectivity index (χ0n) is 12.0. The van der Waals surface area contributed by atoms with E-state index in [0.717, 1.165) is 19.6 Å². The molecule has 1 atom stereocenters. The van der Waals surface area contributed by atoms with E-state index in [1.54, 1.807) is 0 Å². The first-order valence-electron chi connectivity index (χ1n) is 6.75. The molecule has 0 aromatic carbocycles. The number of carbonyl (C=O) groups is 1. The molecule has 4 heteroatoms. The van der Waals surface area contributed by atoms with E-state index in [1.807, 2.05) is 20.8 Å². The van der Waals surface area contributed by atoms with Crippen molar-refractivity contribution in [2.75, 3.05) is 19.6 Å². The standard InChI is InChI=1S/C13H29N3O/c1-6-13(14,7-2)12(17)15-11(5)10-16(8-3)9-4/h11H,6-10,14H2,1-5H3,(H,15,17). The van der Waals surface area contributed by atoms with Gasteiger partial charge < -0.3 is 16.0 Å². The number of carbonyl (C=O) groups excluding carboxylic acids is 1. The second-order valence-electron chi connectivity index (χ2n) is 4.72. The van der Waals surface area contributed by atoms with Gasteiger partial charge in [-0.1, -0.05) is 27.7 Å². The molecular weight excluding hydrogens is 214 g/mol. The molecule has 0 spiro atoms. The third-order valence-electron chi connectivity index (χ3n) is 3.52. The third kappa shape index (κ3) is 5.04. The van der Waals surface area contributed by atoms with Crippen molar-refractivity contribution in [2.45, 2.75) is 59.0 Å². The van der Waals surface area contributed by atoms with Crippen LogP contribution in [0, 0.1) is 0 Å². The van der Waals surface area contributed by atoms with E-state index in [0.29, 0.717) is 12.8 Å². The lowest BCUT2D eigenvalue weighted by Crippen LogP contribution is -2.56. The number of likely N-dealkylation sites (N-methyl/N-ethyl adjacent to an activating group) is 1. The van der Waals surface area contributed by atoms with E-state index in [1.165, 1.54) is 0 Å². The molecule has 102 valence electrons. The summed E-state index contributed by atoms with van der Waals surface area (Å²) in [6.45, 7) is 13.1. The van der Waals surface area contributed by atoms with Gasteiger partial charge in [-0.25, -0.2) is 0 Å². The van der Waals surface area contributed by atoms with Gasteiger partial charge in [0, 0.05) is 12.6 Å². The van der Waals surface area contributed by atoms with Crippen molar-refractivity contribution in [1.29, 1.82) is 0 Å². The summed E-state index contributed by atoms with van der Waals surface area (Å²) in [6, 6.07) is 0.142. The van der Waals surface area contributed by atoms with E-state index in [9.17, 15) is 4.79 Å². The topological polar surface area (TPSA) is 58.4 Å². The first kappa shape index (κ1) is 16.4. The Morgan fingerprint density at radius 1 is 1.24 bits per heavy atom. The van der Waals surface area contributed by atoms with E-state index in [-0.39, 0.29) is 11.9 Å². The predicted octanol–water partition coefficient (Wildman–Crippen LogP) is 1.35. The van der Waals surface area contributed by atoms with Crippen molar-refractivity contribution in [1.82, 2.24) is 10.2 Å². The van der Waals surface area contributed by atoms with Gasteiger partial charge in [0.1, 0.15) is 0 Å². The molecule has 0 bridgehead atoms. The molecule has 1 unspecified atom stereocenters. The average molecular weight is 243 g/mol. The average Bonchev–Trinajstić information content (AvgIpc) is 2.34. The Balaban J connectivity index is 4.28. The number of nitrogens with one attached hydrogen (secondary N) is 1. The van der Waals surface area contributed by atoms with Gasteiger partial charge in [0.15, 0.2) is 0 Å². The molecule has 4 nitrogen and oxygen atoms in total.